The van der Waals surface area contributed by atoms with Crippen LogP contribution < -0.4 is 5.32 Å². The van der Waals surface area contributed by atoms with E-state index in [9.17, 15) is 9.59 Å². The molecule has 8 heteroatoms. The molecular formula is C20H24ClN3O4. The molecular weight excluding hydrogens is 382 g/mol. The van der Waals surface area contributed by atoms with Crippen LogP contribution in [0.3, 0.4) is 0 Å². The van der Waals surface area contributed by atoms with Gasteiger partial charge < -0.3 is 19.4 Å². The molecule has 2 aromatic rings. The lowest BCUT2D eigenvalue weighted by molar-refractivity contribution is -0.121. The molecule has 150 valence electrons. The number of benzene rings is 1. The predicted octanol–water partition coefficient (Wildman–Crippen LogP) is 2.19. The smallest absolute Gasteiger partial charge is 0.289 e. The van der Waals surface area contributed by atoms with Crippen molar-refractivity contribution < 1.29 is 18.7 Å². The molecule has 0 aliphatic carbocycles. The van der Waals surface area contributed by atoms with Gasteiger partial charge in [-0.3, -0.25) is 14.5 Å². The molecule has 1 fully saturated rings. The van der Waals surface area contributed by atoms with Crippen molar-refractivity contribution in [1.82, 2.24) is 15.1 Å². The molecule has 7 nitrogen and oxygen atoms in total. The zero-order chi connectivity index (χ0) is 19.9. The van der Waals surface area contributed by atoms with Gasteiger partial charge in [-0.15, -0.1) is 0 Å². The number of nitrogens with zero attached hydrogens (tertiary/aromatic N) is 2. The van der Waals surface area contributed by atoms with E-state index in [1.807, 2.05) is 24.3 Å². The third-order valence-electron chi connectivity index (χ3n) is 4.70. The summed E-state index contributed by atoms with van der Waals surface area (Å²) in [6.45, 7) is 3.17. The van der Waals surface area contributed by atoms with Crippen LogP contribution in [0.2, 0.25) is 5.02 Å². The van der Waals surface area contributed by atoms with Gasteiger partial charge in [-0.1, -0.05) is 29.8 Å². The first kappa shape index (κ1) is 20.4. The van der Waals surface area contributed by atoms with E-state index in [2.05, 4.69) is 10.2 Å². The van der Waals surface area contributed by atoms with Crippen molar-refractivity contribution in [3.63, 3.8) is 0 Å². The maximum Gasteiger partial charge on any atom is 0.289 e. The topological polar surface area (TPSA) is 75.0 Å². The number of hydrogen-bond acceptors (Lipinski definition) is 5. The van der Waals surface area contributed by atoms with Crippen LogP contribution in [-0.4, -0.2) is 68.1 Å². The molecule has 1 atom stereocenters. The number of hydrogen-bond donors (Lipinski definition) is 1. The lowest BCUT2D eigenvalue weighted by Crippen LogP contribution is -2.45. The van der Waals surface area contributed by atoms with E-state index in [1.54, 1.807) is 19.2 Å². The summed E-state index contributed by atoms with van der Waals surface area (Å²) in [7, 11) is 1.57. The number of likely N-dealkylation sites (N-methyl/N-ethyl adjacent to an activating group) is 1. The molecule has 1 aliphatic heterocycles. The van der Waals surface area contributed by atoms with Crippen molar-refractivity contribution in [2.75, 3.05) is 46.4 Å². The van der Waals surface area contributed by atoms with Crippen LogP contribution in [0.15, 0.2) is 47.1 Å². The molecule has 0 saturated carbocycles. The molecule has 0 radical (unpaired) electrons. The van der Waals surface area contributed by atoms with Crippen LogP contribution in [0.25, 0.3) is 0 Å². The molecule has 0 unspecified atom stereocenters. The zero-order valence-corrected chi connectivity index (χ0v) is 16.5. The second-order valence-corrected chi connectivity index (χ2v) is 7.04. The zero-order valence-electron chi connectivity index (χ0n) is 15.8. The van der Waals surface area contributed by atoms with Crippen LogP contribution >= 0.6 is 11.6 Å². The van der Waals surface area contributed by atoms with Gasteiger partial charge in [-0.25, -0.2) is 0 Å². The number of halogens is 1. The predicted molar refractivity (Wildman–Crippen MR) is 105 cm³/mol. The summed E-state index contributed by atoms with van der Waals surface area (Å²) in [5, 5.41) is 3.60. The Morgan fingerprint density at radius 3 is 2.64 bits per heavy atom. The van der Waals surface area contributed by atoms with Gasteiger partial charge in [0.05, 0.1) is 32.1 Å². The van der Waals surface area contributed by atoms with E-state index in [1.165, 1.54) is 11.2 Å². The maximum absolute atomic E-state index is 12.4. The molecule has 0 spiro atoms. The van der Waals surface area contributed by atoms with Crippen molar-refractivity contribution in [1.29, 1.82) is 0 Å². The van der Waals surface area contributed by atoms with Crippen molar-refractivity contribution in [2.45, 2.75) is 6.04 Å². The van der Waals surface area contributed by atoms with Crippen LogP contribution in [0, 0.1) is 0 Å². The molecule has 2 heterocycles. The Balaban J connectivity index is 1.62. The molecule has 1 aliphatic rings. The van der Waals surface area contributed by atoms with Gasteiger partial charge in [0, 0.05) is 31.7 Å². The van der Waals surface area contributed by atoms with Gasteiger partial charge >= 0.3 is 0 Å². The minimum atomic E-state index is -0.337. The molecule has 1 N–H and O–H groups in total. The minimum absolute atomic E-state index is 0.0577. The van der Waals surface area contributed by atoms with E-state index >= 15 is 0 Å². The van der Waals surface area contributed by atoms with Crippen LogP contribution in [0.4, 0.5) is 0 Å². The second kappa shape index (κ2) is 9.73. The van der Waals surface area contributed by atoms with Crippen molar-refractivity contribution in [2.24, 2.45) is 0 Å². The Hall–Kier alpha value is -2.35. The van der Waals surface area contributed by atoms with Crippen LogP contribution in [-0.2, 0) is 9.53 Å². The molecule has 0 bridgehead atoms. The Labute approximate surface area is 169 Å². The monoisotopic (exact) mass is 405 g/mol. The summed E-state index contributed by atoms with van der Waals surface area (Å²) in [4.78, 5) is 28.2. The first-order chi connectivity index (χ1) is 13.6. The minimum Gasteiger partial charge on any atom is -0.459 e. The quantitative estimate of drug-likeness (QED) is 0.764. The number of carbonyl (C=O) groups excluding carboxylic acids is 2. The van der Waals surface area contributed by atoms with Crippen LogP contribution in [0.5, 0.6) is 0 Å². The number of furan rings is 1. The number of rotatable bonds is 7. The molecule has 3 rings (SSSR count). The summed E-state index contributed by atoms with van der Waals surface area (Å²) in [5.74, 6) is -0.374. The fraction of sp³-hybridized carbons (Fsp3) is 0.400. The third kappa shape index (κ3) is 5.13. The molecule has 2 amide bonds. The number of nitrogens with one attached hydrogen (secondary N) is 1. The van der Waals surface area contributed by atoms with Gasteiger partial charge in [0.1, 0.15) is 0 Å². The van der Waals surface area contributed by atoms with Gasteiger partial charge in [-0.05, 0) is 23.8 Å². The number of amides is 2. The highest BCUT2D eigenvalue weighted by Crippen LogP contribution is 2.27. The first-order valence-electron chi connectivity index (χ1n) is 9.18. The Morgan fingerprint density at radius 2 is 1.96 bits per heavy atom. The average Bonchev–Trinajstić information content (AvgIpc) is 3.24. The van der Waals surface area contributed by atoms with Gasteiger partial charge in [-0.2, -0.15) is 0 Å². The highest BCUT2D eigenvalue weighted by Gasteiger charge is 2.25. The molecule has 1 aromatic heterocycles. The van der Waals surface area contributed by atoms with E-state index in [0.29, 0.717) is 24.8 Å². The average molecular weight is 406 g/mol. The highest BCUT2D eigenvalue weighted by molar-refractivity contribution is 6.31. The van der Waals surface area contributed by atoms with E-state index in [-0.39, 0.29) is 30.2 Å². The largest absolute Gasteiger partial charge is 0.459 e. The summed E-state index contributed by atoms with van der Waals surface area (Å²) in [5.41, 5.74) is 0.964. The van der Waals surface area contributed by atoms with Crippen LogP contribution in [0.1, 0.15) is 22.2 Å². The summed E-state index contributed by atoms with van der Waals surface area (Å²) >= 11 is 6.40. The first-order valence-corrected chi connectivity index (χ1v) is 9.56. The number of carbonyl (C=O) groups is 2. The fourth-order valence-corrected chi connectivity index (χ4v) is 3.47. The Bertz CT molecular complexity index is 791. The lowest BCUT2D eigenvalue weighted by Gasteiger charge is -2.35. The Kier molecular flexibility index (Phi) is 7.08. The summed E-state index contributed by atoms with van der Waals surface area (Å²) in [6, 6.07) is 10.8. The molecule has 28 heavy (non-hydrogen) atoms. The van der Waals surface area contributed by atoms with E-state index < -0.39 is 0 Å². The Morgan fingerprint density at radius 1 is 1.21 bits per heavy atom. The van der Waals surface area contributed by atoms with Gasteiger partial charge in [0.15, 0.2) is 5.76 Å². The van der Waals surface area contributed by atoms with E-state index in [4.69, 9.17) is 20.8 Å². The maximum atomic E-state index is 12.4. The summed E-state index contributed by atoms with van der Waals surface area (Å²) < 4.78 is 10.5. The normalized spacial score (nSPS) is 15.8. The number of morpholine rings is 1. The van der Waals surface area contributed by atoms with Crippen molar-refractivity contribution in [3.05, 3.63) is 59.0 Å². The van der Waals surface area contributed by atoms with Gasteiger partial charge in [0.25, 0.3) is 5.91 Å². The highest BCUT2D eigenvalue weighted by atomic mass is 35.5. The van der Waals surface area contributed by atoms with Crippen molar-refractivity contribution >= 4 is 23.4 Å². The molecule has 1 saturated heterocycles. The molecule has 1 aromatic carbocycles. The standard InChI is InChI=1S/C20H24ClN3O4/c1-23(20(26)18-7-4-10-28-18)14-19(25)22-13-17(24-8-11-27-12-9-24)15-5-2-3-6-16(15)21/h2-7,10,17H,8-9,11-14H2,1H3,(H,22,25)/t17-/m0/s1. The number of ether oxygens (including phenoxy) is 1. The lowest BCUT2D eigenvalue weighted by atomic mass is 10.0. The van der Waals surface area contributed by atoms with Gasteiger partial charge in [0.2, 0.25) is 5.91 Å². The van der Waals surface area contributed by atoms with E-state index in [0.717, 1.165) is 18.7 Å². The SMILES string of the molecule is CN(CC(=O)NC[C@@H](c1ccccc1Cl)N1CCOCC1)C(=O)c1ccco1. The third-order valence-corrected chi connectivity index (χ3v) is 5.05. The fourth-order valence-electron chi connectivity index (χ4n) is 3.21. The summed E-state index contributed by atoms with van der Waals surface area (Å²) in [6.07, 6.45) is 1.43. The van der Waals surface area contributed by atoms with Crippen molar-refractivity contribution in [3.8, 4) is 0 Å². The second-order valence-electron chi connectivity index (χ2n) is 6.63.